The molecule has 170 valence electrons. The molecule has 1 aliphatic rings. The summed E-state index contributed by atoms with van der Waals surface area (Å²) < 4.78 is 2.02. The Morgan fingerprint density at radius 3 is 2.79 bits per heavy atom. The third-order valence-electron chi connectivity index (χ3n) is 5.86. The molecule has 0 aromatic carbocycles. The zero-order valence-electron chi connectivity index (χ0n) is 19.4. The van der Waals surface area contributed by atoms with E-state index in [9.17, 15) is 4.79 Å². The number of imidazole rings is 1. The Kier molecular flexibility index (Phi) is 5.08. The van der Waals surface area contributed by atoms with Gasteiger partial charge in [0, 0.05) is 42.1 Å². The van der Waals surface area contributed by atoms with Crippen LogP contribution in [0.15, 0.2) is 49.1 Å². The average Bonchev–Trinajstić information content (AvgIpc) is 3.37. The van der Waals surface area contributed by atoms with Crippen molar-refractivity contribution in [1.29, 1.82) is 0 Å². The molecule has 0 radical (unpaired) electrons. The van der Waals surface area contributed by atoms with Gasteiger partial charge in [-0.1, -0.05) is 6.08 Å². The monoisotopic (exact) mass is 443 g/mol. The molecule has 0 unspecified atom stereocenters. The molecule has 3 N–H and O–H groups in total. The van der Waals surface area contributed by atoms with E-state index in [1.54, 1.807) is 6.20 Å². The van der Waals surface area contributed by atoms with E-state index in [2.05, 4.69) is 49.9 Å². The summed E-state index contributed by atoms with van der Waals surface area (Å²) in [5.41, 5.74) is 6.92. The first-order valence-corrected chi connectivity index (χ1v) is 11.2. The number of aromatic nitrogens is 4. The Bertz CT molecular complexity index is 1370. The summed E-state index contributed by atoms with van der Waals surface area (Å²) in [6.45, 7) is 9.27. The standard InChI is InChI=1S/C25H29N7O/c1-16-22-6-5-18(14-32(22)15-27-16)28-20-7-10-26-23-19(20)13-21(29-23)17-8-11-31(12-9-17)24(33)30-25(2,3)4/h5-8,10,13-15H,9,11-12H2,1-4H3,(H,30,33)(H2,26,28,29). The van der Waals surface area contributed by atoms with Gasteiger partial charge in [-0.05, 0) is 64.0 Å². The number of aryl methyl sites for hydroxylation is 1. The van der Waals surface area contributed by atoms with Crippen LogP contribution < -0.4 is 10.6 Å². The van der Waals surface area contributed by atoms with Gasteiger partial charge < -0.3 is 24.9 Å². The summed E-state index contributed by atoms with van der Waals surface area (Å²) in [5, 5.41) is 7.58. The average molecular weight is 444 g/mol. The molecule has 1 aliphatic heterocycles. The van der Waals surface area contributed by atoms with Gasteiger partial charge in [0.2, 0.25) is 0 Å². The highest BCUT2D eigenvalue weighted by Crippen LogP contribution is 2.30. The molecular weight excluding hydrogens is 414 g/mol. The largest absolute Gasteiger partial charge is 0.354 e. The van der Waals surface area contributed by atoms with E-state index in [1.165, 1.54) is 5.57 Å². The molecule has 4 aromatic rings. The zero-order valence-corrected chi connectivity index (χ0v) is 19.4. The zero-order chi connectivity index (χ0) is 23.2. The van der Waals surface area contributed by atoms with Crippen molar-refractivity contribution < 1.29 is 4.79 Å². The van der Waals surface area contributed by atoms with Gasteiger partial charge in [-0.25, -0.2) is 14.8 Å². The van der Waals surface area contributed by atoms with Gasteiger partial charge in [0.1, 0.15) is 5.65 Å². The van der Waals surface area contributed by atoms with Crippen molar-refractivity contribution >= 4 is 39.5 Å². The van der Waals surface area contributed by atoms with Gasteiger partial charge in [0.15, 0.2) is 0 Å². The molecule has 2 amide bonds. The fraction of sp³-hybridized carbons (Fsp3) is 0.320. The Morgan fingerprint density at radius 1 is 1.18 bits per heavy atom. The van der Waals surface area contributed by atoms with Crippen molar-refractivity contribution in [1.82, 2.24) is 29.6 Å². The molecule has 5 heterocycles. The summed E-state index contributed by atoms with van der Waals surface area (Å²) in [7, 11) is 0. The molecule has 8 heteroatoms. The van der Waals surface area contributed by atoms with Crippen LogP contribution in [-0.2, 0) is 0 Å². The van der Waals surface area contributed by atoms with Gasteiger partial charge >= 0.3 is 6.03 Å². The first kappa shape index (κ1) is 21.1. The number of aromatic amines is 1. The number of anilines is 2. The SMILES string of the molecule is Cc1ncn2cc(Nc3ccnc4[nH]c(C5=CCN(C(=O)NC(C)(C)C)CC5)cc34)ccc12. The van der Waals surface area contributed by atoms with E-state index in [-0.39, 0.29) is 11.6 Å². The van der Waals surface area contributed by atoms with Crippen LogP contribution in [0.5, 0.6) is 0 Å². The van der Waals surface area contributed by atoms with Crippen LogP contribution in [0.2, 0.25) is 0 Å². The second kappa shape index (κ2) is 7.95. The Morgan fingerprint density at radius 2 is 2.03 bits per heavy atom. The number of amides is 2. The van der Waals surface area contributed by atoms with Crippen molar-refractivity contribution in [2.45, 2.75) is 39.7 Å². The number of nitrogens with one attached hydrogen (secondary N) is 3. The molecule has 8 nitrogen and oxygen atoms in total. The maximum absolute atomic E-state index is 12.5. The lowest BCUT2D eigenvalue weighted by Gasteiger charge is -2.30. The second-order valence-corrected chi connectivity index (χ2v) is 9.57. The summed E-state index contributed by atoms with van der Waals surface area (Å²) in [5.74, 6) is 0. The molecule has 0 saturated heterocycles. The van der Waals surface area contributed by atoms with Crippen LogP contribution in [0, 0.1) is 6.92 Å². The molecule has 0 bridgehead atoms. The fourth-order valence-electron chi connectivity index (χ4n) is 4.17. The molecule has 0 saturated carbocycles. The number of nitrogens with zero attached hydrogens (tertiary/aromatic N) is 4. The minimum absolute atomic E-state index is 0.0207. The highest BCUT2D eigenvalue weighted by molar-refractivity contribution is 5.94. The number of pyridine rings is 2. The molecular formula is C25H29N7O. The third kappa shape index (κ3) is 4.28. The lowest BCUT2D eigenvalue weighted by atomic mass is 10.0. The van der Waals surface area contributed by atoms with Crippen molar-refractivity contribution in [2.75, 3.05) is 18.4 Å². The van der Waals surface area contributed by atoms with Gasteiger partial charge in [0.25, 0.3) is 0 Å². The van der Waals surface area contributed by atoms with Crippen LogP contribution in [0.3, 0.4) is 0 Å². The van der Waals surface area contributed by atoms with Gasteiger partial charge in [-0.3, -0.25) is 0 Å². The number of urea groups is 1. The predicted molar refractivity (Wildman–Crippen MR) is 132 cm³/mol. The Balaban J connectivity index is 1.37. The highest BCUT2D eigenvalue weighted by Gasteiger charge is 2.22. The summed E-state index contributed by atoms with van der Waals surface area (Å²) in [6.07, 6.45) is 8.59. The lowest BCUT2D eigenvalue weighted by molar-refractivity contribution is 0.193. The minimum atomic E-state index is -0.242. The number of carbonyl (C=O) groups excluding carboxylic acids is 1. The van der Waals surface area contributed by atoms with Gasteiger partial charge in [-0.2, -0.15) is 0 Å². The smallest absolute Gasteiger partial charge is 0.318 e. The van der Waals surface area contributed by atoms with Crippen LogP contribution in [0.1, 0.15) is 38.6 Å². The van der Waals surface area contributed by atoms with Gasteiger partial charge in [0.05, 0.1) is 28.9 Å². The number of hydrogen-bond donors (Lipinski definition) is 3. The molecule has 0 aliphatic carbocycles. The van der Waals surface area contributed by atoms with Crippen molar-refractivity contribution in [3.05, 3.63) is 60.5 Å². The number of H-pyrrole nitrogens is 1. The van der Waals surface area contributed by atoms with E-state index in [4.69, 9.17) is 0 Å². The van der Waals surface area contributed by atoms with Gasteiger partial charge in [-0.15, -0.1) is 0 Å². The van der Waals surface area contributed by atoms with Crippen LogP contribution in [-0.4, -0.2) is 48.9 Å². The minimum Gasteiger partial charge on any atom is -0.354 e. The highest BCUT2D eigenvalue weighted by atomic mass is 16.2. The van der Waals surface area contributed by atoms with Crippen molar-refractivity contribution in [3.8, 4) is 0 Å². The van der Waals surface area contributed by atoms with E-state index in [0.717, 1.165) is 45.7 Å². The quantitative estimate of drug-likeness (QED) is 0.422. The summed E-state index contributed by atoms with van der Waals surface area (Å²) >= 11 is 0. The van der Waals surface area contributed by atoms with E-state index in [1.807, 2.05) is 55.6 Å². The first-order chi connectivity index (χ1) is 15.8. The maximum Gasteiger partial charge on any atom is 0.318 e. The van der Waals surface area contributed by atoms with Crippen LogP contribution in [0.4, 0.5) is 16.2 Å². The lowest BCUT2D eigenvalue weighted by Crippen LogP contribution is -2.49. The Labute approximate surface area is 192 Å². The number of rotatable bonds is 3. The molecule has 33 heavy (non-hydrogen) atoms. The van der Waals surface area contributed by atoms with E-state index in [0.29, 0.717) is 13.1 Å². The van der Waals surface area contributed by atoms with Crippen LogP contribution in [0.25, 0.3) is 22.1 Å². The number of hydrogen-bond acceptors (Lipinski definition) is 4. The maximum atomic E-state index is 12.5. The normalized spacial score (nSPS) is 14.5. The molecule has 0 fully saturated rings. The van der Waals surface area contributed by atoms with Crippen LogP contribution >= 0.6 is 0 Å². The Hall–Kier alpha value is -3.81. The molecule has 5 rings (SSSR count). The van der Waals surface area contributed by atoms with Crippen molar-refractivity contribution in [3.63, 3.8) is 0 Å². The summed E-state index contributed by atoms with van der Waals surface area (Å²) in [4.78, 5) is 26.6. The molecule has 4 aromatic heterocycles. The number of carbonyl (C=O) groups is 1. The second-order valence-electron chi connectivity index (χ2n) is 9.57. The predicted octanol–water partition coefficient (Wildman–Crippen LogP) is 4.86. The van der Waals surface area contributed by atoms with E-state index < -0.39 is 0 Å². The first-order valence-electron chi connectivity index (χ1n) is 11.2. The molecule has 0 atom stereocenters. The molecule has 0 spiro atoms. The number of fused-ring (bicyclic) bond motifs is 2. The van der Waals surface area contributed by atoms with Crippen molar-refractivity contribution in [2.24, 2.45) is 0 Å². The third-order valence-corrected chi connectivity index (χ3v) is 5.86. The fourth-order valence-corrected chi connectivity index (χ4v) is 4.17. The van der Waals surface area contributed by atoms with E-state index >= 15 is 0 Å². The summed E-state index contributed by atoms with van der Waals surface area (Å²) in [6, 6.07) is 8.23. The topological polar surface area (TPSA) is 90.3 Å².